The van der Waals surface area contributed by atoms with Gasteiger partial charge in [-0.1, -0.05) is 65.8 Å². The number of rotatable bonds is 4. The van der Waals surface area contributed by atoms with Crippen LogP contribution in [-0.2, 0) is 6.61 Å². The minimum Gasteiger partial charge on any atom is -0.484 e. The molecule has 1 heterocycles. The Kier molecular flexibility index (Phi) is 3.48. The molecule has 0 bridgehead atoms. The molecular formula is C19H14N2O2. The van der Waals surface area contributed by atoms with Crippen molar-refractivity contribution in [3.63, 3.8) is 0 Å². The molecule has 1 aromatic heterocycles. The molecule has 0 N–H and O–H groups in total. The van der Waals surface area contributed by atoms with Crippen LogP contribution in [0.2, 0.25) is 0 Å². The molecule has 4 heteroatoms. The molecule has 0 spiro atoms. The van der Waals surface area contributed by atoms with Crippen LogP contribution in [0.15, 0.2) is 77.3 Å². The van der Waals surface area contributed by atoms with Crippen molar-refractivity contribution in [3.8, 4) is 17.1 Å². The molecule has 0 atom stereocenters. The van der Waals surface area contributed by atoms with Crippen molar-refractivity contribution in [2.45, 2.75) is 6.61 Å². The number of nitrogens with zero attached hydrogens (tertiary/aromatic N) is 2. The second-order valence-corrected chi connectivity index (χ2v) is 5.18. The summed E-state index contributed by atoms with van der Waals surface area (Å²) < 4.78 is 11.0. The first kappa shape index (κ1) is 13.5. The maximum atomic E-state index is 5.75. The lowest BCUT2D eigenvalue weighted by Gasteiger charge is -2.04. The van der Waals surface area contributed by atoms with Crippen LogP contribution in [0.1, 0.15) is 5.89 Å². The highest BCUT2D eigenvalue weighted by molar-refractivity contribution is 5.83. The van der Waals surface area contributed by atoms with Crippen LogP contribution in [0.4, 0.5) is 0 Å². The van der Waals surface area contributed by atoms with E-state index in [2.05, 4.69) is 22.3 Å². The molecule has 0 aliphatic heterocycles. The first-order chi connectivity index (χ1) is 11.4. The standard InChI is InChI=1S/C19H14N2O2/c1-2-7-15(8-3-1)19-20-18(23-21-19)13-22-17-11-10-14-6-4-5-9-16(14)12-17/h1-12H,13H2. The maximum Gasteiger partial charge on any atom is 0.264 e. The van der Waals surface area contributed by atoms with E-state index in [4.69, 9.17) is 9.26 Å². The first-order valence-electron chi connectivity index (χ1n) is 7.38. The van der Waals surface area contributed by atoms with Gasteiger partial charge in [0.1, 0.15) is 5.75 Å². The zero-order chi connectivity index (χ0) is 15.5. The molecular weight excluding hydrogens is 288 g/mol. The third kappa shape index (κ3) is 2.92. The topological polar surface area (TPSA) is 48.2 Å². The van der Waals surface area contributed by atoms with Crippen LogP contribution >= 0.6 is 0 Å². The predicted molar refractivity (Wildman–Crippen MR) is 88.0 cm³/mol. The Hall–Kier alpha value is -3.14. The Morgan fingerprint density at radius 3 is 2.48 bits per heavy atom. The van der Waals surface area contributed by atoms with Crippen LogP contribution in [0.3, 0.4) is 0 Å². The fraction of sp³-hybridized carbons (Fsp3) is 0.0526. The zero-order valence-corrected chi connectivity index (χ0v) is 12.3. The molecule has 112 valence electrons. The lowest BCUT2D eigenvalue weighted by Crippen LogP contribution is -1.95. The van der Waals surface area contributed by atoms with Gasteiger partial charge in [0, 0.05) is 5.56 Å². The number of ether oxygens (including phenoxy) is 1. The molecule has 0 radical (unpaired) electrons. The third-order valence-corrected chi connectivity index (χ3v) is 3.58. The fourth-order valence-electron chi connectivity index (χ4n) is 2.42. The SMILES string of the molecule is c1ccc(-c2noc(COc3ccc4ccccc4c3)n2)cc1. The lowest BCUT2D eigenvalue weighted by atomic mass is 10.1. The van der Waals surface area contributed by atoms with Gasteiger partial charge in [-0.3, -0.25) is 0 Å². The largest absolute Gasteiger partial charge is 0.484 e. The summed E-state index contributed by atoms with van der Waals surface area (Å²) in [5.74, 6) is 1.81. The van der Waals surface area contributed by atoms with Gasteiger partial charge in [-0.05, 0) is 22.9 Å². The van der Waals surface area contributed by atoms with E-state index in [0.29, 0.717) is 11.7 Å². The molecule has 0 aliphatic rings. The van der Waals surface area contributed by atoms with Gasteiger partial charge in [0.15, 0.2) is 6.61 Å². The second kappa shape index (κ2) is 5.93. The first-order valence-corrected chi connectivity index (χ1v) is 7.38. The van der Waals surface area contributed by atoms with Crippen LogP contribution in [-0.4, -0.2) is 10.1 Å². The van der Waals surface area contributed by atoms with E-state index in [1.165, 1.54) is 5.39 Å². The summed E-state index contributed by atoms with van der Waals surface area (Å²) in [5.41, 5.74) is 0.924. The Morgan fingerprint density at radius 1 is 0.826 bits per heavy atom. The van der Waals surface area contributed by atoms with Crippen LogP contribution in [0.25, 0.3) is 22.2 Å². The van der Waals surface area contributed by atoms with Crippen molar-refractivity contribution in [2.24, 2.45) is 0 Å². The van der Waals surface area contributed by atoms with E-state index in [9.17, 15) is 0 Å². The Bertz CT molecular complexity index is 932. The van der Waals surface area contributed by atoms with Gasteiger partial charge in [0.25, 0.3) is 5.89 Å². The summed E-state index contributed by atoms with van der Waals surface area (Å²) in [6.07, 6.45) is 0. The minimum atomic E-state index is 0.248. The number of aromatic nitrogens is 2. The summed E-state index contributed by atoms with van der Waals surface area (Å²) in [7, 11) is 0. The van der Waals surface area contributed by atoms with E-state index >= 15 is 0 Å². The molecule has 4 rings (SSSR count). The highest BCUT2D eigenvalue weighted by Gasteiger charge is 2.08. The van der Waals surface area contributed by atoms with Gasteiger partial charge < -0.3 is 9.26 Å². The van der Waals surface area contributed by atoms with E-state index in [-0.39, 0.29) is 6.61 Å². The monoisotopic (exact) mass is 302 g/mol. The van der Waals surface area contributed by atoms with E-state index in [1.54, 1.807) is 0 Å². The van der Waals surface area contributed by atoms with Gasteiger partial charge in [-0.2, -0.15) is 4.98 Å². The van der Waals surface area contributed by atoms with Crippen molar-refractivity contribution in [2.75, 3.05) is 0 Å². The minimum absolute atomic E-state index is 0.248. The average Bonchev–Trinajstić information content (AvgIpc) is 3.10. The van der Waals surface area contributed by atoms with E-state index < -0.39 is 0 Å². The molecule has 0 unspecified atom stereocenters. The summed E-state index contributed by atoms with van der Waals surface area (Å²) in [4.78, 5) is 4.36. The molecule has 0 saturated heterocycles. The summed E-state index contributed by atoms with van der Waals surface area (Å²) in [5, 5.41) is 6.31. The van der Waals surface area contributed by atoms with Crippen LogP contribution in [0, 0.1) is 0 Å². The summed E-state index contributed by atoms with van der Waals surface area (Å²) in [6, 6.07) is 23.9. The molecule has 4 aromatic rings. The summed E-state index contributed by atoms with van der Waals surface area (Å²) >= 11 is 0. The molecule has 23 heavy (non-hydrogen) atoms. The quantitative estimate of drug-likeness (QED) is 0.558. The Labute approximate surface area is 133 Å². The van der Waals surface area contributed by atoms with Crippen molar-refractivity contribution in [1.82, 2.24) is 10.1 Å². The number of hydrogen-bond acceptors (Lipinski definition) is 4. The molecule has 4 nitrogen and oxygen atoms in total. The van der Waals surface area contributed by atoms with E-state index in [0.717, 1.165) is 16.7 Å². The smallest absolute Gasteiger partial charge is 0.264 e. The fourth-order valence-corrected chi connectivity index (χ4v) is 2.42. The van der Waals surface area contributed by atoms with Crippen molar-refractivity contribution >= 4 is 10.8 Å². The van der Waals surface area contributed by atoms with E-state index in [1.807, 2.05) is 60.7 Å². The molecule has 0 saturated carbocycles. The van der Waals surface area contributed by atoms with Gasteiger partial charge >= 0.3 is 0 Å². The average molecular weight is 302 g/mol. The maximum absolute atomic E-state index is 5.75. The lowest BCUT2D eigenvalue weighted by molar-refractivity contribution is 0.243. The van der Waals surface area contributed by atoms with Gasteiger partial charge in [0.05, 0.1) is 0 Å². The number of fused-ring (bicyclic) bond motifs is 1. The molecule has 0 amide bonds. The highest BCUT2D eigenvalue weighted by Crippen LogP contribution is 2.21. The van der Waals surface area contributed by atoms with Crippen molar-refractivity contribution < 1.29 is 9.26 Å². The summed E-state index contributed by atoms with van der Waals surface area (Å²) in [6.45, 7) is 0.248. The third-order valence-electron chi connectivity index (χ3n) is 3.58. The zero-order valence-electron chi connectivity index (χ0n) is 12.3. The van der Waals surface area contributed by atoms with Gasteiger partial charge in [-0.25, -0.2) is 0 Å². The Balaban J connectivity index is 1.49. The number of hydrogen-bond donors (Lipinski definition) is 0. The van der Waals surface area contributed by atoms with Gasteiger partial charge in [-0.15, -0.1) is 0 Å². The normalized spacial score (nSPS) is 10.8. The molecule has 0 aliphatic carbocycles. The Morgan fingerprint density at radius 2 is 1.61 bits per heavy atom. The van der Waals surface area contributed by atoms with Crippen LogP contribution < -0.4 is 4.74 Å². The van der Waals surface area contributed by atoms with Crippen LogP contribution in [0.5, 0.6) is 5.75 Å². The van der Waals surface area contributed by atoms with Crippen molar-refractivity contribution in [3.05, 3.63) is 78.7 Å². The number of benzene rings is 3. The van der Waals surface area contributed by atoms with Gasteiger partial charge in [0.2, 0.25) is 5.82 Å². The molecule has 0 fully saturated rings. The predicted octanol–water partition coefficient (Wildman–Crippen LogP) is 4.47. The highest BCUT2D eigenvalue weighted by atomic mass is 16.5. The second-order valence-electron chi connectivity index (χ2n) is 5.18. The molecule has 3 aromatic carbocycles. The van der Waals surface area contributed by atoms with Crippen molar-refractivity contribution in [1.29, 1.82) is 0 Å².